The fourth-order valence-electron chi connectivity index (χ4n) is 3.17. The molecule has 0 unspecified atom stereocenters. The monoisotopic (exact) mass is 304 g/mol. The molecule has 2 aromatic heterocycles. The zero-order valence-electron chi connectivity index (χ0n) is 13.3. The molecule has 3 nitrogen and oxygen atoms in total. The first-order valence-corrected chi connectivity index (χ1v) is 7.57. The maximum atomic E-state index is 11.6. The first kappa shape index (κ1) is 13.8. The highest BCUT2D eigenvalue weighted by Gasteiger charge is 2.16. The number of fused-ring (bicyclic) bond motifs is 3. The van der Waals surface area contributed by atoms with Crippen LogP contribution in [0.4, 0.5) is 0 Å². The molecule has 0 N–H and O–H groups in total. The maximum Gasteiger partial charge on any atom is 0.336 e. The molecule has 3 heteroatoms. The second-order valence-electron chi connectivity index (χ2n) is 6.03. The summed E-state index contributed by atoms with van der Waals surface area (Å²) < 4.78 is 11.2. The SMILES string of the molecule is Cc1ccc(-c2coc3c2c(C)cc2oc(=O)cc(C)c23)cc1. The third-order valence-corrected chi connectivity index (χ3v) is 4.31. The summed E-state index contributed by atoms with van der Waals surface area (Å²) in [6, 6.07) is 11.8. The van der Waals surface area contributed by atoms with Crippen molar-refractivity contribution in [1.29, 1.82) is 0 Å². The molecule has 0 atom stereocenters. The van der Waals surface area contributed by atoms with Crippen LogP contribution in [-0.4, -0.2) is 0 Å². The summed E-state index contributed by atoms with van der Waals surface area (Å²) in [7, 11) is 0. The first-order valence-electron chi connectivity index (χ1n) is 7.57. The molecule has 0 aliphatic rings. The van der Waals surface area contributed by atoms with Crippen molar-refractivity contribution in [3.63, 3.8) is 0 Å². The van der Waals surface area contributed by atoms with Gasteiger partial charge in [0.2, 0.25) is 0 Å². The molecule has 0 aliphatic heterocycles. The van der Waals surface area contributed by atoms with Crippen LogP contribution in [0.15, 0.2) is 56.3 Å². The van der Waals surface area contributed by atoms with Crippen LogP contribution in [0, 0.1) is 20.8 Å². The standard InChI is InChI=1S/C20H16O3/c1-11-4-6-14(7-5-11)15-10-22-20-18(15)12(2)8-16-19(20)13(3)9-17(21)23-16/h4-10H,1-3H3. The van der Waals surface area contributed by atoms with Crippen molar-refractivity contribution in [2.45, 2.75) is 20.8 Å². The number of furan rings is 1. The van der Waals surface area contributed by atoms with E-state index in [1.54, 1.807) is 6.26 Å². The Hall–Kier alpha value is -2.81. The lowest BCUT2D eigenvalue weighted by Gasteiger charge is -2.06. The molecule has 0 fully saturated rings. The molecule has 4 rings (SSSR count). The van der Waals surface area contributed by atoms with E-state index >= 15 is 0 Å². The molecule has 2 aromatic carbocycles. The smallest absolute Gasteiger partial charge is 0.336 e. The van der Waals surface area contributed by atoms with Crippen molar-refractivity contribution in [3.05, 3.63) is 69.8 Å². The van der Waals surface area contributed by atoms with Gasteiger partial charge in [-0.15, -0.1) is 0 Å². The highest BCUT2D eigenvalue weighted by molar-refractivity contribution is 6.10. The molecule has 114 valence electrons. The van der Waals surface area contributed by atoms with E-state index < -0.39 is 0 Å². The maximum absolute atomic E-state index is 11.6. The lowest BCUT2D eigenvalue weighted by molar-refractivity contribution is 0.558. The Bertz CT molecular complexity index is 1100. The lowest BCUT2D eigenvalue weighted by Crippen LogP contribution is -1.98. The van der Waals surface area contributed by atoms with Gasteiger partial charge in [0.15, 0.2) is 0 Å². The average molecular weight is 304 g/mol. The molecule has 4 aromatic rings. The third kappa shape index (κ3) is 2.08. The Morgan fingerprint density at radius 3 is 2.30 bits per heavy atom. The minimum Gasteiger partial charge on any atom is -0.463 e. The highest BCUT2D eigenvalue weighted by atomic mass is 16.4. The predicted molar refractivity (Wildman–Crippen MR) is 91.9 cm³/mol. The number of hydrogen-bond donors (Lipinski definition) is 0. The van der Waals surface area contributed by atoms with Crippen molar-refractivity contribution < 1.29 is 8.83 Å². The summed E-state index contributed by atoms with van der Waals surface area (Å²) in [5, 5.41) is 1.93. The van der Waals surface area contributed by atoms with E-state index in [2.05, 4.69) is 31.2 Å². The van der Waals surface area contributed by atoms with Crippen molar-refractivity contribution in [1.82, 2.24) is 0 Å². The molecule has 0 bridgehead atoms. The Kier molecular flexibility index (Phi) is 2.91. The van der Waals surface area contributed by atoms with E-state index in [-0.39, 0.29) is 5.63 Å². The van der Waals surface area contributed by atoms with Crippen LogP contribution in [0.1, 0.15) is 16.7 Å². The summed E-state index contributed by atoms with van der Waals surface area (Å²) >= 11 is 0. The van der Waals surface area contributed by atoms with Gasteiger partial charge in [0.1, 0.15) is 11.2 Å². The van der Waals surface area contributed by atoms with E-state index in [0.717, 1.165) is 38.6 Å². The van der Waals surface area contributed by atoms with E-state index in [1.807, 2.05) is 19.9 Å². The molecule has 0 aliphatic carbocycles. The van der Waals surface area contributed by atoms with Crippen LogP contribution in [0.2, 0.25) is 0 Å². The van der Waals surface area contributed by atoms with Gasteiger partial charge < -0.3 is 8.83 Å². The fraction of sp³-hybridized carbons (Fsp3) is 0.150. The van der Waals surface area contributed by atoms with E-state index in [0.29, 0.717) is 5.58 Å². The van der Waals surface area contributed by atoms with Crippen molar-refractivity contribution in [2.75, 3.05) is 0 Å². The highest BCUT2D eigenvalue weighted by Crippen LogP contribution is 2.38. The second kappa shape index (κ2) is 4.85. The zero-order chi connectivity index (χ0) is 16.1. The fourth-order valence-corrected chi connectivity index (χ4v) is 3.17. The lowest BCUT2D eigenvalue weighted by atomic mass is 9.98. The summed E-state index contributed by atoms with van der Waals surface area (Å²) in [6.07, 6.45) is 1.78. The molecule has 0 saturated heterocycles. The van der Waals surface area contributed by atoms with Gasteiger partial charge in [-0.25, -0.2) is 4.79 Å². The summed E-state index contributed by atoms with van der Waals surface area (Å²) in [5.74, 6) is 0. The number of benzene rings is 2. The molecule has 0 radical (unpaired) electrons. The van der Waals surface area contributed by atoms with Crippen molar-refractivity contribution in [2.24, 2.45) is 0 Å². The van der Waals surface area contributed by atoms with Crippen LogP contribution in [0.25, 0.3) is 33.1 Å². The van der Waals surface area contributed by atoms with Gasteiger partial charge in [0.05, 0.1) is 11.6 Å². The van der Waals surface area contributed by atoms with Gasteiger partial charge >= 0.3 is 5.63 Å². The van der Waals surface area contributed by atoms with Crippen molar-refractivity contribution in [3.8, 4) is 11.1 Å². The molecule has 0 saturated carbocycles. The van der Waals surface area contributed by atoms with Gasteiger partial charge in [-0.05, 0) is 43.5 Å². The Balaban J connectivity index is 2.12. The van der Waals surface area contributed by atoms with Crippen LogP contribution in [0.3, 0.4) is 0 Å². The van der Waals surface area contributed by atoms with Crippen LogP contribution in [-0.2, 0) is 0 Å². The van der Waals surface area contributed by atoms with Gasteiger partial charge in [-0.3, -0.25) is 0 Å². The minimum absolute atomic E-state index is 0.334. The Labute approximate surface area is 133 Å². The van der Waals surface area contributed by atoms with Gasteiger partial charge in [-0.1, -0.05) is 29.8 Å². The second-order valence-corrected chi connectivity index (χ2v) is 6.03. The molecular weight excluding hydrogens is 288 g/mol. The molecule has 2 heterocycles. The Morgan fingerprint density at radius 1 is 0.870 bits per heavy atom. The normalized spacial score (nSPS) is 11.4. The van der Waals surface area contributed by atoms with Gasteiger partial charge in [0, 0.05) is 17.0 Å². The van der Waals surface area contributed by atoms with E-state index in [1.165, 1.54) is 11.6 Å². The van der Waals surface area contributed by atoms with Crippen LogP contribution >= 0.6 is 0 Å². The number of hydrogen-bond acceptors (Lipinski definition) is 3. The topological polar surface area (TPSA) is 43.4 Å². The van der Waals surface area contributed by atoms with E-state index in [9.17, 15) is 4.79 Å². The van der Waals surface area contributed by atoms with E-state index in [4.69, 9.17) is 8.83 Å². The minimum atomic E-state index is -0.334. The average Bonchev–Trinajstić information content (AvgIpc) is 2.92. The quantitative estimate of drug-likeness (QED) is 0.458. The number of aryl methyl sites for hydroxylation is 3. The first-order chi connectivity index (χ1) is 11.0. The molecular formula is C20H16O3. The molecule has 0 amide bonds. The largest absolute Gasteiger partial charge is 0.463 e. The summed E-state index contributed by atoms with van der Waals surface area (Å²) in [4.78, 5) is 11.6. The summed E-state index contributed by atoms with van der Waals surface area (Å²) in [5.41, 5.74) is 6.32. The Morgan fingerprint density at radius 2 is 1.57 bits per heavy atom. The van der Waals surface area contributed by atoms with Gasteiger partial charge in [-0.2, -0.15) is 0 Å². The molecule has 0 spiro atoms. The number of rotatable bonds is 1. The van der Waals surface area contributed by atoms with Crippen molar-refractivity contribution >= 4 is 21.9 Å². The third-order valence-electron chi connectivity index (χ3n) is 4.31. The van der Waals surface area contributed by atoms with Gasteiger partial charge in [0.25, 0.3) is 0 Å². The zero-order valence-corrected chi connectivity index (χ0v) is 13.3. The molecule has 23 heavy (non-hydrogen) atoms. The summed E-state index contributed by atoms with van der Waals surface area (Å²) in [6.45, 7) is 5.99. The van der Waals surface area contributed by atoms with Crippen LogP contribution < -0.4 is 5.63 Å². The van der Waals surface area contributed by atoms with Crippen LogP contribution in [0.5, 0.6) is 0 Å². The predicted octanol–water partition coefficient (Wildman–Crippen LogP) is 5.13.